The normalized spacial score (nSPS) is 29.8. The Bertz CT molecular complexity index is 424. The summed E-state index contributed by atoms with van der Waals surface area (Å²) in [7, 11) is 0. The number of carboxylic acid groups (broad SMARTS) is 1. The number of rotatable bonds is 3. The van der Waals surface area contributed by atoms with Crippen LogP contribution in [0.5, 0.6) is 0 Å². The van der Waals surface area contributed by atoms with Gasteiger partial charge in [0, 0.05) is 5.41 Å². The number of carboxylic acids is 1. The first-order valence-corrected chi connectivity index (χ1v) is 7.53. The summed E-state index contributed by atoms with van der Waals surface area (Å²) in [5, 5.41) is 12.2. The first-order valence-electron chi connectivity index (χ1n) is 7.53. The number of alkyl carbamates (subject to hydrolysis) is 1. The molecule has 1 amide bonds. The third-order valence-corrected chi connectivity index (χ3v) is 5.35. The predicted molar refractivity (Wildman–Crippen MR) is 81.1 cm³/mol. The maximum absolute atomic E-state index is 12.0. The second-order valence-electron chi connectivity index (χ2n) is 8.00. The highest BCUT2D eigenvalue weighted by atomic mass is 16.6. The predicted octanol–water partition coefficient (Wildman–Crippen LogP) is 3.43. The molecule has 0 aromatic heterocycles. The van der Waals surface area contributed by atoms with Gasteiger partial charge in [0.05, 0.1) is 0 Å². The molecule has 5 heteroatoms. The van der Waals surface area contributed by atoms with Crippen molar-refractivity contribution in [3.05, 3.63) is 0 Å². The van der Waals surface area contributed by atoms with Crippen LogP contribution in [-0.2, 0) is 9.53 Å². The van der Waals surface area contributed by atoms with Gasteiger partial charge in [-0.2, -0.15) is 0 Å². The van der Waals surface area contributed by atoms with Gasteiger partial charge in [-0.3, -0.25) is 0 Å². The van der Waals surface area contributed by atoms with Crippen LogP contribution < -0.4 is 5.32 Å². The molecule has 1 rings (SSSR count). The zero-order valence-electron chi connectivity index (χ0n) is 14.2. The quantitative estimate of drug-likeness (QED) is 0.837. The number of carbonyl (C=O) groups excluding carboxylic acids is 1. The van der Waals surface area contributed by atoms with Crippen molar-refractivity contribution in [2.75, 3.05) is 0 Å². The molecule has 1 aliphatic rings. The van der Waals surface area contributed by atoms with Crippen molar-refractivity contribution >= 4 is 12.1 Å². The van der Waals surface area contributed by atoms with Crippen molar-refractivity contribution in [2.24, 2.45) is 16.7 Å². The molecule has 1 fully saturated rings. The summed E-state index contributed by atoms with van der Waals surface area (Å²) in [5.41, 5.74) is -1.33. The van der Waals surface area contributed by atoms with Gasteiger partial charge in [-0.1, -0.05) is 27.7 Å². The van der Waals surface area contributed by atoms with Crippen molar-refractivity contribution in [3.63, 3.8) is 0 Å². The van der Waals surface area contributed by atoms with Crippen molar-refractivity contribution in [3.8, 4) is 0 Å². The number of ether oxygens (including phenoxy) is 1. The van der Waals surface area contributed by atoms with Crippen LogP contribution in [0, 0.1) is 16.7 Å². The van der Waals surface area contributed by atoms with Crippen LogP contribution in [0.2, 0.25) is 0 Å². The Labute approximate surface area is 127 Å². The highest BCUT2D eigenvalue weighted by Gasteiger charge is 2.56. The second-order valence-corrected chi connectivity index (χ2v) is 8.00. The Morgan fingerprint density at radius 2 is 1.81 bits per heavy atom. The van der Waals surface area contributed by atoms with Crippen LogP contribution in [0.3, 0.4) is 0 Å². The van der Waals surface area contributed by atoms with Crippen molar-refractivity contribution in [1.82, 2.24) is 5.32 Å². The zero-order valence-corrected chi connectivity index (χ0v) is 14.2. The molecular formula is C16H29NO4. The molecule has 0 bridgehead atoms. The molecule has 0 aromatic rings. The molecule has 0 radical (unpaired) electrons. The van der Waals surface area contributed by atoms with E-state index in [-0.39, 0.29) is 5.41 Å². The molecule has 1 aliphatic carbocycles. The van der Waals surface area contributed by atoms with Crippen LogP contribution in [-0.4, -0.2) is 28.8 Å². The number of nitrogens with one attached hydrogen (secondary N) is 1. The number of hydrogen-bond donors (Lipinski definition) is 2. The van der Waals surface area contributed by atoms with E-state index in [9.17, 15) is 14.7 Å². The summed E-state index contributed by atoms with van der Waals surface area (Å²) >= 11 is 0. The van der Waals surface area contributed by atoms with Crippen LogP contribution in [0.15, 0.2) is 0 Å². The molecule has 122 valence electrons. The Morgan fingerprint density at radius 1 is 1.29 bits per heavy atom. The zero-order chi connectivity index (χ0) is 16.6. The Morgan fingerprint density at radius 3 is 2.14 bits per heavy atom. The minimum absolute atomic E-state index is 0.176. The van der Waals surface area contributed by atoms with E-state index in [2.05, 4.69) is 26.1 Å². The van der Waals surface area contributed by atoms with Gasteiger partial charge < -0.3 is 15.2 Å². The van der Waals surface area contributed by atoms with Gasteiger partial charge in [-0.25, -0.2) is 9.59 Å². The van der Waals surface area contributed by atoms with Gasteiger partial charge in [0.2, 0.25) is 0 Å². The molecule has 3 atom stereocenters. The molecule has 0 aliphatic heterocycles. The van der Waals surface area contributed by atoms with E-state index < -0.39 is 29.1 Å². The molecular weight excluding hydrogens is 270 g/mol. The summed E-state index contributed by atoms with van der Waals surface area (Å²) in [5.74, 6) is -0.602. The molecule has 1 saturated carbocycles. The van der Waals surface area contributed by atoms with E-state index in [1.165, 1.54) is 0 Å². The van der Waals surface area contributed by atoms with Gasteiger partial charge in [-0.15, -0.1) is 0 Å². The fraction of sp³-hybridized carbons (Fsp3) is 0.875. The number of aliphatic carboxylic acids is 1. The monoisotopic (exact) mass is 299 g/mol. The lowest BCUT2D eigenvalue weighted by molar-refractivity contribution is -0.145. The van der Waals surface area contributed by atoms with Gasteiger partial charge in [-0.05, 0) is 44.9 Å². The fourth-order valence-electron chi connectivity index (χ4n) is 3.20. The molecule has 0 saturated heterocycles. The van der Waals surface area contributed by atoms with E-state index in [4.69, 9.17) is 4.74 Å². The topological polar surface area (TPSA) is 75.6 Å². The minimum atomic E-state index is -1.01. The first-order chi connectivity index (χ1) is 9.31. The van der Waals surface area contributed by atoms with Crippen LogP contribution in [0.4, 0.5) is 4.79 Å². The SMILES string of the molecule is C[C@H]1CC[C@@](C)([C@@H](NC(=O)OC(C)(C)C)C(=O)O)C1(C)C. The van der Waals surface area contributed by atoms with E-state index in [0.717, 1.165) is 12.8 Å². The molecule has 5 nitrogen and oxygen atoms in total. The van der Waals surface area contributed by atoms with Crippen molar-refractivity contribution in [1.29, 1.82) is 0 Å². The van der Waals surface area contributed by atoms with Crippen molar-refractivity contribution in [2.45, 2.75) is 73.0 Å². The molecule has 0 unspecified atom stereocenters. The summed E-state index contributed by atoms with van der Waals surface area (Å²) in [4.78, 5) is 23.7. The standard InChI is InChI=1S/C16H29NO4/c1-10-8-9-16(7,15(10,5)6)11(12(18)19)17-13(20)21-14(2,3)4/h10-11H,8-9H2,1-7H3,(H,17,20)(H,18,19)/t10-,11-,16-/m0/s1. The third kappa shape index (κ3) is 3.50. The van der Waals surface area contributed by atoms with E-state index in [0.29, 0.717) is 5.92 Å². The Kier molecular flexibility index (Phi) is 4.66. The smallest absolute Gasteiger partial charge is 0.408 e. The van der Waals surface area contributed by atoms with Crippen LogP contribution >= 0.6 is 0 Å². The number of carbonyl (C=O) groups is 2. The largest absolute Gasteiger partial charge is 0.480 e. The summed E-state index contributed by atoms with van der Waals surface area (Å²) in [6.07, 6.45) is 1.06. The molecule has 0 spiro atoms. The lowest BCUT2D eigenvalue weighted by atomic mass is 9.62. The highest BCUT2D eigenvalue weighted by Crippen LogP contribution is 2.57. The minimum Gasteiger partial charge on any atom is -0.480 e. The lowest BCUT2D eigenvalue weighted by Gasteiger charge is -2.44. The number of amides is 1. The summed E-state index contributed by atoms with van der Waals surface area (Å²) < 4.78 is 5.20. The lowest BCUT2D eigenvalue weighted by Crippen LogP contribution is -2.56. The number of hydrogen-bond acceptors (Lipinski definition) is 3. The Hall–Kier alpha value is -1.26. The third-order valence-electron chi connectivity index (χ3n) is 5.35. The van der Waals surface area contributed by atoms with Gasteiger partial charge in [0.25, 0.3) is 0 Å². The summed E-state index contributed by atoms with van der Waals surface area (Å²) in [6.45, 7) is 13.5. The molecule has 0 aromatic carbocycles. The molecule has 2 N–H and O–H groups in total. The average Bonchev–Trinajstić information content (AvgIpc) is 2.48. The fourth-order valence-corrected chi connectivity index (χ4v) is 3.20. The van der Waals surface area contributed by atoms with Crippen LogP contribution in [0.25, 0.3) is 0 Å². The molecule has 0 heterocycles. The second kappa shape index (κ2) is 5.50. The maximum Gasteiger partial charge on any atom is 0.408 e. The summed E-state index contributed by atoms with van der Waals surface area (Å²) in [6, 6.07) is -0.952. The van der Waals surface area contributed by atoms with Crippen LogP contribution in [0.1, 0.15) is 61.3 Å². The highest BCUT2D eigenvalue weighted by molar-refractivity contribution is 5.81. The van der Waals surface area contributed by atoms with E-state index in [1.54, 1.807) is 20.8 Å². The maximum atomic E-state index is 12.0. The first kappa shape index (κ1) is 17.8. The van der Waals surface area contributed by atoms with Gasteiger partial charge in [0.15, 0.2) is 0 Å². The van der Waals surface area contributed by atoms with E-state index in [1.807, 2.05) is 6.92 Å². The van der Waals surface area contributed by atoms with Gasteiger partial charge in [0.1, 0.15) is 11.6 Å². The molecule has 21 heavy (non-hydrogen) atoms. The van der Waals surface area contributed by atoms with Gasteiger partial charge >= 0.3 is 12.1 Å². The van der Waals surface area contributed by atoms with Crippen molar-refractivity contribution < 1.29 is 19.4 Å². The Balaban J connectivity index is 2.98. The average molecular weight is 299 g/mol. The van der Waals surface area contributed by atoms with E-state index >= 15 is 0 Å².